The van der Waals surface area contributed by atoms with Crippen molar-refractivity contribution >= 4 is 72.7 Å². The number of rotatable bonds is 27. The summed E-state index contributed by atoms with van der Waals surface area (Å²) in [5, 5.41) is 56.6. The van der Waals surface area contributed by atoms with Gasteiger partial charge in [0.25, 0.3) is 5.69 Å². The Morgan fingerprint density at radius 2 is 0.915 bits per heavy atom. The van der Waals surface area contributed by atoms with Gasteiger partial charge >= 0.3 is 23.9 Å². The van der Waals surface area contributed by atoms with Crippen molar-refractivity contribution in [1.82, 2.24) is 0 Å². The lowest BCUT2D eigenvalue weighted by Crippen LogP contribution is -2.14. The van der Waals surface area contributed by atoms with Crippen LogP contribution in [0.15, 0.2) is 30.3 Å². The molecular formula is C48H59NO10. The van der Waals surface area contributed by atoms with Gasteiger partial charge in [-0.2, -0.15) is 0 Å². The molecule has 4 N–H and O–H groups in total. The summed E-state index contributed by atoms with van der Waals surface area (Å²) in [6, 6.07) is 7.04. The molecule has 0 saturated heterocycles. The maximum absolute atomic E-state index is 13.5. The molecule has 0 unspecified atom stereocenters. The summed E-state index contributed by atoms with van der Waals surface area (Å²) in [6.45, 7) is 4.36. The van der Waals surface area contributed by atoms with E-state index in [0.29, 0.717) is 42.0 Å². The Morgan fingerprint density at radius 3 is 1.36 bits per heavy atom. The Balaban J connectivity index is 1.71. The Kier molecular flexibility index (Phi) is 16.0. The minimum Gasteiger partial charge on any atom is -0.478 e. The average Bonchev–Trinajstić information content (AvgIpc) is 3.19. The number of carbonyl (C=O) groups is 4. The van der Waals surface area contributed by atoms with Gasteiger partial charge in [0.1, 0.15) is 0 Å². The first-order valence-electron chi connectivity index (χ1n) is 21.8. The van der Waals surface area contributed by atoms with Crippen molar-refractivity contribution in [2.24, 2.45) is 0 Å². The summed E-state index contributed by atoms with van der Waals surface area (Å²) in [6.07, 6.45) is 20.9. The summed E-state index contributed by atoms with van der Waals surface area (Å²) in [4.78, 5) is 64.8. The number of hydrogen-bond donors (Lipinski definition) is 4. The molecule has 0 aliphatic carbocycles. The standard InChI is InChI=1S/C48H59NO10/c1-3-5-7-9-11-13-15-17-19-21-23-30-29-36-31-25-27-34(45(50)51)39-35(46(52)53)28-26-32(38(31)39)41-40(36)43(37(30)47(54)55)42(48(56)57)33(44(41)49(58)59)24-22-20-18-16-14-12-10-8-6-4-2/h25-29H,3-24H2,1-2H3,(H,50,51)(H,52,53)(H,54,55)(H,56,57). The highest BCUT2D eigenvalue weighted by molar-refractivity contribution is 6.40. The Morgan fingerprint density at radius 1 is 0.475 bits per heavy atom. The second-order valence-electron chi connectivity index (χ2n) is 16.2. The van der Waals surface area contributed by atoms with Crippen LogP contribution in [-0.4, -0.2) is 49.2 Å². The van der Waals surface area contributed by atoms with Gasteiger partial charge in [0.15, 0.2) is 0 Å². The summed E-state index contributed by atoms with van der Waals surface area (Å²) in [5.41, 5.74) is -1.40. The number of fused-ring (bicyclic) bond motifs is 2. The van der Waals surface area contributed by atoms with Gasteiger partial charge in [-0.3, -0.25) is 10.1 Å². The molecule has 0 heterocycles. The molecule has 59 heavy (non-hydrogen) atoms. The number of carboxylic acids is 4. The van der Waals surface area contributed by atoms with Crippen molar-refractivity contribution in [2.45, 2.75) is 155 Å². The van der Waals surface area contributed by atoms with Crippen molar-refractivity contribution in [1.29, 1.82) is 0 Å². The highest BCUT2D eigenvalue weighted by Gasteiger charge is 2.35. The largest absolute Gasteiger partial charge is 0.478 e. The van der Waals surface area contributed by atoms with Crippen LogP contribution >= 0.6 is 0 Å². The van der Waals surface area contributed by atoms with Gasteiger partial charge in [0, 0.05) is 21.7 Å². The molecule has 5 aromatic rings. The van der Waals surface area contributed by atoms with Crippen LogP contribution in [0.4, 0.5) is 5.69 Å². The first-order valence-corrected chi connectivity index (χ1v) is 21.8. The predicted molar refractivity (Wildman–Crippen MR) is 233 cm³/mol. The maximum atomic E-state index is 13.5. The molecule has 0 fully saturated rings. The monoisotopic (exact) mass is 809 g/mol. The zero-order valence-electron chi connectivity index (χ0n) is 34.6. The third-order valence-corrected chi connectivity index (χ3v) is 12.1. The minimum absolute atomic E-state index is 0.00677. The van der Waals surface area contributed by atoms with Crippen LogP contribution in [0.1, 0.15) is 195 Å². The van der Waals surface area contributed by atoms with E-state index in [-0.39, 0.29) is 61.0 Å². The van der Waals surface area contributed by atoms with Crippen LogP contribution in [0.3, 0.4) is 0 Å². The number of benzene rings is 5. The number of aromatic carboxylic acids is 4. The highest BCUT2D eigenvalue weighted by Crippen LogP contribution is 2.50. The van der Waals surface area contributed by atoms with Crippen molar-refractivity contribution in [2.75, 3.05) is 0 Å². The van der Waals surface area contributed by atoms with Gasteiger partial charge in [-0.05, 0) is 71.0 Å². The molecule has 0 atom stereocenters. The lowest BCUT2D eigenvalue weighted by molar-refractivity contribution is -0.383. The molecule has 0 radical (unpaired) electrons. The van der Waals surface area contributed by atoms with Crippen LogP contribution in [0.25, 0.3) is 43.1 Å². The van der Waals surface area contributed by atoms with Crippen molar-refractivity contribution in [3.05, 3.63) is 73.8 Å². The molecule has 11 nitrogen and oxygen atoms in total. The van der Waals surface area contributed by atoms with Gasteiger partial charge < -0.3 is 20.4 Å². The van der Waals surface area contributed by atoms with E-state index in [1.807, 2.05) is 0 Å². The fourth-order valence-corrected chi connectivity index (χ4v) is 9.26. The van der Waals surface area contributed by atoms with E-state index in [1.165, 1.54) is 82.1 Å². The van der Waals surface area contributed by atoms with E-state index in [1.54, 1.807) is 6.07 Å². The number of hydrogen-bond acceptors (Lipinski definition) is 6. The molecule has 0 aliphatic rings. The fraction of sp³-hybridized carbons (Fsp3) is 0.500. The second-order valence-corrected chi connectivity index (χ2v) is 16.2. The van der Waals surface area contributed by atoms with Crippen LogP contribution < -0.4 is 0 Å². The summed E-state index contributed by atoms with van der Waals surface area (Å²) < 4.78 is 0. The van der Waals surface area contributed by atoms with Crippen LogP contribution in [-0.2, 0) is 12.8 Å². The molecule has 11 heteroatoms. The molecule has 0 aromatic heterocycles. The van der Waals surface area contributed by atoms with Crippen LogP contribution in [0.5, 0.6) is 0 Å². The molecular weight excluding hydrogens is 751 g/mol. The Hall–Kier alpha value is -5.32. The van der Waals surface area contributed by atoms with E-state index in [4.69, 9.17) is 0 Å². The van der Waals surface area contributed by atoms with Crippen LogP contribution in [0, 0.1) is 10.1 Å². The molecule has 316 valence electrons. The van der Waals surface area contributed by atoms with E-state index < -0.39 is 40.1 Å². The number of aryl methyl sites for hydroxylation is 1. The number of nitro benzene ring substituents is 1. The van der Waals surface area contributed by atoms with Gasteiger partial charge in [-0.25, -0.2) is 19.2 Å². The van der Waals surface area contributed by atoms with E-state index in [2.05, 4.69) is 13.8 Å². The van der Waals surface area contributed by atoms with Crippen molar-refractivity contribution in [3.63, 3.8) is 0 Å². The normalized spacial score (nSPS) is 11.7. The molecule has 0 aliphatic heterocycles. The zero-order valence-corrected chi connectivity index (χ0v) is 34.6. The lowest BCUT2D eigenvalue weighted by Gasteiger charge is -2.22. The number of nitrogens with zero attached hydrogens (tertiary/aromatic N) is 1. The third kappa shape index (κ3) is 9.94. The topological polar surface area (TPSA) is 192 Å². The van der Waals surface area contributed by atoms with Gasteiger partial charge in [0.05, 0.1) is 32.6 Å². The highest BCUT2D eigenvalue weighted by atomic mass is 16.6. The SMILES string of the molecule is CCCCCCCCCCCCc1cc2c3ccc(C(=O)O)c4c(C(=O)O)ccc(c5c([N+](=O)[O-])c(CCCCCCCCCCCC)c(C(=O)O)c(c1C(=O)O)c25)c43. The average molecular weight is 810 g/mol. The molecule has 0 bridgehead atoms. The summed E-state index contributed by atoms with van der Waals surface area (Å²) >= 11 is 0. The third-order valence-electron chi connectivity index (χ3n) is 12.1. The number of carboxylic acid groups (broad SMARTS) is 4. The van der Waals surface area contributed by atoms with E-state index in [0.717, 1.165) is 51.4 Å². The van der Waals surface area contributed by atoms with Crippen molar-refractivity contribution in [3.8, 4) is 0 Å². The fourth-order valence-electron chi connectivity index (χ4n) is 9.26. The summed E-state index contributed by atoms with van der Waals surface area (Å²) in [5.74, 6) is -5.58. The van der Waals surface area contributed by atoms with Gasteiger partial charge in [-0.15, -0.1) is 0 Å². The smallest absolute Gasteiger partial charge is 0.336 e. The number of unbranched alkanes of at least 4 members (excludes halogenated alkanes) is 18. The minimum atomic E-state index is -1.47. The zero-order chi connectivity index (χ0) is 42.6. The van der Waals surface area contributed by atoms with Gasteiger partial charge in [0.2, 0.25) is 0 Å². The lowest BCUT2D eigenvalue weighted by atomic mass is 9.79. The Labute approximate surface area is 345 Å². The molecule has 0 spiro atoms. The Bertz CT molecular complexity index is 2310. The molecule has 0 saturated carbocycles. The first-order chi connectivity index (χ1) is 28.5. The molecule has 5 aromatic carbocycles. The number of nitro groups is 1. The predicted octanol–water partition coefficient (Wildman–Crippen LogP) is 13.4. The molecule has 0 amide bonds. The maximum Gasteiger partial charge on any atom is 0.336 e. The summed E-state index contributed by atoms with van der Waals surface area (Å²) in [7, 11) is 0. The van der Waals surface area contributed by atoms with Crippen molar-refractivity contribution < 1.29 is 44.5 Å². The van der Waals surface area contributed by atoms with Crippen LogP contribution in [0.2, 0.25) is 0 Å². The molecule has 5 rings (SSSR count). The van der Waals surface area contributed by atoms with E-state index in [9.17, 15) is 49.7 Å². The second kappa shape index (κ2) is 21.1. The van der Waals surface area contributed by atoms with Gasteiger partial charge in [-0.1, -0.05) is 142 Å². The first kappa shape index (κ1) is 44.8. The quantitative estimate of drug-likeness (QED) is 0.0130. The van der Waals surface area contributed by atoms with E-state index >= 15 is 0 Å².